The highest BCUT2D eigenvalue weighted by molar-refractivity contribution is 5.97. The molecule has 2 amide bonds. The number of carbonyl (C=O) groups is 3. The van der Waals surface area contributed by atoms with Crippen LogP contribution >= 0.6 is 0 Å². The third-order valence-electron chi connectivity index (χ3n) is 5.88. The van der Waals surface area contributed by atoms with E-state index in [4.69, 9.17) is 9.47 Å². The van der Waals surface area contributed by atoms with Gasteiger partial charge in [-0.3, -0.25) is 25.2 Å². The normalized spacial score (nSPS) is 29.0. The molecule has 1 heterocycles. The molecule has 0 unspecified atom stereocenters. The smallest absolute Gasteiger partial charge is 0.313 e. The van der Waals surface area contributed by atoms with E-state index in [0.717, 1.165) is 0 Å². The number of carbonyl (C=O) groups excluding carboxylic acids is 3. The molecule has 1 aliphatic heterocycles. The second-order valence-electron chi connectivity index (χ2n) is 7.28. The van der Waals surface area contributed by atoms with Crippen LogP contribution in [0.4, 0.5) is 0 Å². The van der Waals surface area contributed by atoms with Crippen molar-refractivity contribution in [3.05, 3.63) is 30.3 Å². The van der Waals surface area contributed by atoms with Gasteiger partial charge in [-0.15, -0.1) is 0 Å². The Labute approximate surface area is 146 Å². The standard InChI is InChI=1S/C18H22N2O5/c1-16(2)17(3)9-10-18(16,25-15(17)23)14(22)20-19-13(21)11-24-12-7-5-4-6-8-12/h4-8H,9-11H2,1-3H3,(H,19,21)(H,20,22)/t17-,18-/m1/s1. The number of benzene rings is 1. The third kappa shape index (κ3) is 2.45. The first-order valence-electron chi connectivity index (χ1n) is 8.23. The van der Waals surface area contributed by atoms with E-state index in [0.29, 0.717) is 18.6 Å². The third-order valence-corrected chi connectivity index (χ3v) is 5.88. The second-order valence-corrected chi connectivity index (χ2v) is 7.28. The van der Waals surface area contributed by atoms with Gasteiger partial charge in [-0.2, -0.15) is 0 Å². The maximum atomic E-state index is 12.7. The number of hydrazine groups is 1. The number of esters is 1. The summed E-state index contributed by atoms with van der Waals surface area (Å²) in [5.74, 6) is -0.825. The summed E-state index contributed by atoms with van der Waals surface area (Å²) in [6.45, 7) is 5.29. The van der Waals surface area contributed by atoms with Crippen molar-refractivity contribution >= 4 is 17.8 Å². The Morgan fingerprint density at radius 1 is 1.12 bits per heavy atom. The molecule has 1 saturated carbocycles. The molecular formula is C18H22N2O5. The Balaban J connectivity index is 1.58. The molecular weight excluding hydrogens is 324 g/mol. The highest BCUT2D eigenvalue weighted by atomic mass is 16.6. The number of rotatable bonds is 4. The molecule has 1 aliphatic carbocycles. The van der Waals surface area contributed by atoms with E-state index in [1.807, 2.05) is 26.8 Å². The van der Waals surface area contributed by atoms with Crippen LogP contribution in [0.2, 0.25) is 0 Å². The summed E-state index contributed by atoms with van der Waals surface area (Å²) in [5.41, 5.74) is 2.09. The molecule has 7 heteroatoms. The van der Waals surface area contributed by atoms with Gasteiger partial charge in [-0.25, -0.2) is 0 Å². The predicted octanol–water partition coefficient (Wildman–Crippen LogP) is 1.33. The lowest BCUT2D eigenvalue weighted by molar-refractivity contribution is -0.169. The highest BCUT2D eigenvalue weighted by Gasteiger charge is 2.75. The molecule has 0 radical (unpaired) electrons. The lowest BCUT2D eigenvalue weighted by Crippen LogP contribution is -2.58. The summed E-state index contributed by atoms with van der Waals surface area (Å²) in [6.07, 6.45) is 1.02. The summed E-state index contributed by atoms with van der Waals surface area (Å²) in [4.78, 5) is 36.7. The fourth-order valence-corrected chi connectivity index (χ4v) is 3.68. The zero-order valence-electron chi connectivity index (χ0n) is 14.5. The van der Waals surface area contributed by atoms with Gasteiger partial charge in [-0.1, -0.05) is 32.0 Å². The van der Waals surface area contributed by atoms with E-state index in [9.17, 15) is 14.4 Å². The van der Waals surface area contributed by atoms with Crippen molar-refractivity contribution in [3.8, 4) is 5.75 Å². The van der Waals surface area contributed by atoms with Gasteiger partial charge in [0.15, 0.2) is 12.2 Å². The first-order chi connectivity index (χ1) is 11.7. The van der Waals surface area contributed by atoms with Crippen LogP contribution in [-0.2, 0) is 19.1 Å². The van der Waals surface area contributed by atoms with Crippen LogP contribution in [-0.4, -0.2) is 30.0 Å². The van der Waals surface area contributed by atoms with Gasteiger partial charge >= 0.3 is 5.97 Å². The van der Waals surface area contributed by atoms with Crippen LogP contribution < -0.4 is 15.6 Å². The van der Waals surface area contributed by atoms with Gasteiger partial charge < -0.3 is 9.47 Å². The van der Waals surface area contributed by atoms with Crippen LogP contribution in [0.3, 0.4) is 0 Å². The molecule has 2 aliphatic rings. The molecule has 2 atom stereocenters. The molecule has 2 N–H and O–H groups in total. The maximum Gasteiger partial charge on any atom is 0.313 e. The van der Waals surface area contributed by atoms with Gasteiger partial charge in [0.1, 0.15) is 5.75 Å². The quantitative estimate of drug-likeness (QED) is 0.634. The number of ether oxygens (including phenoxy) is 2. The molecule has 1 aromatic carbocycles. The lowest BCUT2D eigenvalue weighted by atomic mass is 9.66. The minimum absolute atomic E-state index is 0.238. The van der Waals surface area contributed by atoms with Crippen molar-refractivity contribution in [1.82, 2.24) is 10.9 Å². The Hall–Kier alpha value is -2.57. The largest absolute Gasteiger partial charge is 0.484 e. The van der Waals surface area contributed by atoms with Crippen molar-refractivity contribution in [2.75, 3.05) is 6.61 Å². The Kier molecular flexibility index (Phi) is 3.97. The van der Waals surface area contributed by atoms with E-state index in [-0.39, 0.29) is 12.6 Å². The monoisotopic (exact) mass is 346 g/mol. The van der Waals surface area contributed by atoms with Gasteiger partial charge in [0.25, 0.3) is 11.8 Å². The minimum atomic E-state index is -1.26. The van der Waals surface area contributed by atoms with Crippen molar-refractivity contribution < 1.29 is 23.9 Å². The van der Waals surface area contributed by atoms with E-state index in [1.54, 1.807) is 24.3 Å². The fraction of sp³-hybridized carbons (Fsp3) is 0.500. The SMILES string of the molecule is CC1(C)[C@]2(C)CC[C@]1(C(=O)NNC(=O)COc1ccccc1)OC2=O. The summed E-state index contributed by atoms with van der Waals surface area (Å²) in [7, 11) is 0. The van der Waals surface area contributed by atoms with E-state index in [2.05, 4.69) is 10.9 Å². The Morgan fingerprint density at radius 2 is 1.80 bits per heavy atom. The van der Waals surface area contributed by atoms with Crippen molar-refractivity contribution in [1.29, 1.82) is 0 Å². The molecule has 0 spiro atoms. The molecule has 1 saturated heterocycles. The van der Waals surface area contributed by atoms with Crippen LogP contribution in [0.25, 0.3) is 0 Å². The highest BCUT2D eigenvalue weighted by Crippen LogP contribution is 2.65. The summed E-state index contributed by atoms with van der Waals surface area (Å²) in [5, 5.41) is 0. The topological polar surface area (TPSA) is 93.7 Å². The Morgan fingerprint density at radius 3 is 2.36 bits per heavy atom. The van der Waals surface area contributed by atoms with Gasteiger partial charge in [0, 0.05) is 5.41 Å². The average Bonchev–Trinajstić information content (AvgIpc) is 2.89. The summed E-state index contributed by atoms with van der Waals surface area (Å²) < 4.78 is 10.8. The molecule has 7 nitrogen and oxygen atoms in total. The second kappa shape index (κ2) is 5.75. The number of hydrogen-bond donors (Lipinski definition) is 2. The first kappa shape index (κ1) is 17.3. The number of para-hydroxylation sites is 1. The maximum absolute atomic E-state index is 12.7. The minimum Gasteiger partial charge on any atom is -0.484 e. The van der Waals surface area contributed by atoms with Gasteiger partial charge in [0.2, 0.25) is 0 Å². The van der Waals surface area contributed by atoms with Crippen LogP contribution in [0.15, 0.2) is 30.3 Å². The van der Waals surface area contributed by atoms with E-state index >= 15 is 0 Å². The molecule has 134 valence electrons. The zero-order valence-corrected chi connectivity index (χ0v) is 14.5. The summed E-state index contributed by atoms with van der Waals surface area (Å²) >= 11 is 0. The lowest BCUT2D eigenvalue weighted by Gasteiger charge is -2.35. The number of fused-ring (bicyclic) bond motifs is 2. The van der Waals surface area contributed by atoms with E-state index < -0.39 is 28.2 Å². The molecule has 25 heavy (non-hydrogen) atoms. The van der Waals surface area contributed by atoms with Crippen LogP contribution in [0, 0.1) is 10.8 Å². The van der Waals surface area contributed by atoms with Crippen LogP contribution in [0.5, 0.6) is 5.75 Å². The number of hydrogen-bond acceptors (Lipinski definition) is 5. The first-order valence-corrected chi connectivity index (χ1v) is 8.23. The zero-order chi connectivity index (χ0) is 18.3. The number of nitrogens with one attached hydrogen (secondary N) is 2. The Bertz CT molecular complexity index is 717. The molecule has 1 aromatic rings. The predicted molar refractivity (Wildman–Crippen MR) is 88.2 cm³/mol. The molecule has 2 fully saturated rings. The van der Waals surface area contributed by atoms with Crippen molar-refractivity contribution in [3.63, 3.8) is 0 Å². The average molecular weight is 346 g/mol. The van der Waals surface area contributed by atoms with Gasteiger partial charge in [0.05, 0.1) is 5.41 Å². The molecule has 0 aromatic heterocycles. The fourth-order valence-electron chi connectivity index (χ4n) is 3.68. The molecule has 3 rings (SSSR count). The van der Waals surface area contributed by atoms with Crippen molar-refractivity contribution in [2.24, 2.45) is 10.8 Å². The van der Waals surface area contributed by atoms with Crippen LogP contribution in [0.1, 0.15) is 33.6 Å². The van der Waals surface area contributed by atoms with E-state index in [1.165, 1.54) is 0 Å². The molecule has 2 bridgehead atoms. The van der Waals surface area contributed by atoms with Crippen molar-refractivity contribution in [2.45, 2.75) is 39.2 Å². The summed E-state index contributed by atoms with van der Waals surface area (Å²) in [6, 6.07) is 8.88. The number of amides is 2. The van der Waals surface area contributed by atoms with Gasteiger partial charge in [-0.05, 0) is 31.9 Å².